The lowest BCUT2D eigenvalue weighted by Crippen LogP contribution is -2.33. The van der Waals surface area contributed by atoms with Crippen molar-refractivity contribution in [2.45, 2.75) is 11.8 Å². The van der Waals surface area contributed by atoms with Crippen LogP contribution in [0.5, 0.6) is 5.75 Å². The molecular formula is C13H23ClN2O4S. The molecule has 0 aromatic heterocycles. The van der Waals surface area contributed by atoms with E-state index in [4.69, 9.17) is 9.47 Å². The van der Waals surface area contributed by atoms with Crippen LogP contribution in [0.4, 0.5) is 0 Å². The molecule has 0 aliphatic carbocycles. The number of halogens is 1. The maximum Gasteiger partial charge on any atom is 0.240 e. The minimum Gasteiger partial charge on any atom is -0.497 e. The Bertz CT molecular complexity index is 523. The predicted molar refractivity (Wildman–Crippen MR) is 84.9 cm³/mol. The van der Waals surface area contributed by atoms with Crippen molar-refractivity contribution >= 4 is 22.4 Å². The van der Waals surface area contributed by atoms with Crippen LogP contribution in [0.2, 0.25) is 0 Å². The monoisotopic (exact) mass is 338 g/mol. The molecular weight excluding hydrogens is 316 g/mol. The number of nitrogens with one attached hydrogen (secondary N) is 2. The lowest BCUT2D eigenvalue weighted by molar-refractivity contribution is 0.199. The molecule has 6 nitrogen and oxygen atoms in total. The van der Waals surface area contributed by atoms with Gasteiger partial charge in [-0.1, -0.05) is 0 Å². The van der Waals surface area contributed by atoms with Crippen LogP contribution >= 0.6 is 12.4 Å². The van der Waals surface area contributed by atoms with Gasteiger partial charge in [-0.15, -0.1) is 12.4 Å². The Balaban J connectivity index is 0.00000400. The van der Waals surface area contributed by atoms with E-state index in [2.05, 4.69) is 10.0 Å². The molecule has 0 fully saturated rings. The van der Waals surface area contributed by atoms with Crippen LogP contribution in [0.3, 0.4) is 0 Å². The molecule has 0 unspecified atom stereocenters. The highest BCUT2D eigenvalue weighted by Gasteiger charge is 2.16. The molecule has 21 heavy (non-hydrogen) atoms. The highest BCUT2D eigenvalue weighted by atomic mass is 35.5. The third-order valence-corrected chi connectivity index (χ3v) is 4.37. The molecule has 0 radical (unpaired) electrons. The lowest BCUT2D eigenvalue weighted by Gasteiger charge is -2.11. The summed E-state index contributed by atoms with van der Waals surface area (Å²) in [4.78, 5) is 0.273. The van der Waals surface area contributed by atoms with E-state index in [1.807, 2.05) is 0 Å². The molecule has 0 atom stereocenters. The summed E-state index contributed by atoms with van der Waals surface area (Å²) >= 11 is 0. The van der Waals surface area contributed by atoms with Crippen molar-refractivity contribution in [2.75, 3.05) is 40.5 Å². The van der Waals surface area contributed by atoms with Crippen LogP contribution in [0.1, 0.15) is 5.56 Å². The Kier molecular flexibility index (Phi) is 9.56. The van der Waals surface area contributed by atoms with Gasteiger partial charge in [0.25, 0.3) is 0 Å². The average Bonchev–Trinajstić information content (AvgIpc) is 2.42. The predicted octanol–water partition coefficient (Wildman–Crippen LogP) is 0.940. The van der Waals surface area contributed by atoms with Gasteiger partial charge in [-0.25, -0.2) is 13.1 Å². The second-order valence-electron chi connectivity index (χ2n) is 4.27. The number of rotatable bonds is 9. The zero-order valence-corrected chi connectivity index (χ0v) is 14.1. The van der Waals surface area contributed by atoms with Crippen LogP contribution in [-0.2, 0) is 14.8 Å². The molecule has 0 bridgehead atoms. The first-order valence-corrected chi connectivity index (χ1v) is 7.83. The molecule has 1 rings (SSSR count). The summed E-state index contributed by atoms with van der Waals surface area (Å²) in [7, 11) is -0.315. The second-order valence-corrected chi connectivity index (χ2v) is 6.01. The summed E-state index contributed by atoms with van der Waals surface area (Å²) < 4.78 is 36.8. The van der Waals surface area contributed by atoms with Crippen molar-refractivity contribution in [1.29, 1.82) is 0 Å². The van der Waals surface area contributed by atoms with E-state index in [1.165, 1.54) is 0 Å². The van der Waals surface area contributed by atoms with Crippen LogP contribution in [-0.4, -0.2) is 48.9 Å². The van der Waals surface area contributed by atoms with Gasteiger partial charge in [0.1, 0.15) is 5.75 Å². The standard InChI is InChI=1S/C13H22N2O4S.ClH/c1-11-10-12(19-3)4-5-13(11)20(16,17)15-7-6-14-8-9-18-2;/h4-5,10,14-15H,6-9H2,1-3H3;1H. The number of aryl methyl sites for hydroxylation is 1. The number of hydrogen-bond acceptors (Lipinski definition) is 5. The summed E-state index contributed by atoms with van der Waals surface area (Å²) in [5, 5.41) is 3.07. The van der Waals surface area contributed by atoms with E-state index in [9.17, 15) is 8.42 Å². The van der Waals surface area contributed by atoms with E-state index in [1.54, 1.807) is 39.3 Å². The first-order valence-electron chi connectivity index (χ1n) is 6.35. The quantitative estimate of drug-likeness (QED) is 0.655. The smallest absolute Gasteiger partial charge is 0.240 e. The van der Waals surface area contributed by atoms with Gasteiger partial charge in [-0.2, -0.15) is 0 Å². The molecule has 0 saturated heterocycles. The van der Waals surface area contributed by atoms with Gasteiger partial charge >= 0.3 is 0 Å². The van der Waals surface area contributed by atoms with Gasteiger partial charge < -0.3 is 14.8 Å². The van der Waals surface area contributed by atoms with Crippen molar-refractivity contribution in [3.8, 4) is 5.75 Å². The second kappa shape index (κ2) is 9.97. The summed E-state index contributed by atoms with van der Waals surface area (Å²) in [5.74, 6) is 0.641. The summed E-state index contributed by atoms with van der Waals surface area (Å²) in [6, 6.07) is 4.89. The first kappa shape index (κ1) is 20.1. The van der Waals surface area contributed by atoms with Gasteiger partial charge in [0.2, 0.25) is 10.0 Å². The molecule has 122 valence electrons. The molecule has 1 aromatic rings. The molecule has 0 spiro atoms. The Labute approximate surface area is 132 Å². The largest absolute Gasteiger partial charge is 0.497 e. The fourth-order valence-electron chi connectivity index (χ4n) is 1.70. The number of hydrogen-bond donors (Lipinski definition) is 2. The van der Waals surface area contributed by atoms with E-state index in [0.29, 0.717) is 37.6 Å². The fourth-order valence-corrected chi connectivity index (χ4v) is 2.96. The third kappa shape index (κ3) is 6.62. The van der Waals surface area contributed by atoms with Crippen LogP contribution in [0.25, 0.3) is 0 Å². The molecule has 0 aliphatic rings. The average molecular weight is 339 g/mol. The number of ether oxygens (including phenoxy) is 2. The minimum atomic E-state index is -3.49. The molecule has 0 amide bonds. The van der Waals surface area contributed by atoms with Gasteiger partial charge in [0.05, 0.1) is 18.6 Å². The van der Waals surface area contributed by atoms with Crippen LogP contribution in [0.15, 0.2) is 23.1 Å². The molecule has 0 aliphatic heterocycles. The zero-order chi connectivity index (χ0) is 15.0. The van der Waals surface area contributed by atoms with Crippen molar-refractivity contribution in [1.82, 2.24) is 10.0 Å². The molecule has 1 aromatic carbocycles. The first-order chi connectivity index (χ1) is 9.51. The van der Waals surface area contributed by atoms with E-state index in [0.717, 1.165) is 0 Å². The number of methoxy groups -OCH3 is 2. The SMILES string of the molecule is COCCNCCNS(=O)(=O)c1ccc(OC)cc1C.Cl. The third-order valence-electron chi connectivity index (χ3n) is 2.75. The van der Waals surface area contributed by atoms with E-state index in [-0.39, 0.29) is 17.3 Å². The fraction of sp³-hybridized carbons (Fsp3) is 0.538. The maximum absolute atomic E-state index is 12.1. The van der Waals surface area contributed by atoms with Gasteiger partial charge in [-0.05, 0) is 30.7 Å². The molecule has 0 heterocycles. The zero-order valence-electron chi connectivity index (χ0n) is 12.5. The highest BCUT2D eigenvalue weighted by Crippen LogP contribution is 2.20. The van der Waals surface area contributed by atoms with Crippen molar-refractivity contribution < 1.29 is 17.9 Å². The van der Waals surface area contributed by atoms with Crippen molar-refractivity contribution in [2.24, 2.45) is 0 Å². The topological polar surface area (TPSA) is 76.7 Å². The number of sulfonamides is 1. The Hall–Kier alpha value is -0.860. The Morgan fingerprint density at radius 1 is 1.14 bits per heavy atom. The van der Waals surface area contributed by atoms with E-state index < -0.39 is 10.0 Å². The normalized spacial score (nSPS) is 11.0. The maximum atomic E-state index is 12.1. The Morgan fingerprint density at radius 2 is 1.86 bits per heavy atom. The molecule has 2 N–H and O–H groups in total. The van der Waals surface area contributed by atoms with Crippen molar-refractivity contribution in [3.63, 3.8) is 0 Å². The van der Waals surface area contributed by atoms with Gasteiger partial charge in [0.15, 0.2) is 0 Å². The van der Waals surface area contributed by atoms with Crippen LogP contribution < -0.4 is 14.8 Å². The van der Waals surface area contributed by atoms with Gasteiger partial charge in [-0.3, -0.25) is 0 Å². The lowest BCUT2D eigenvalue weighted by atomic mass is 10.2. The molecule has 0 saturated carbocycles. The highest BCUT2D eigenvalue weighted by molar-refractivity contribution is 7.89. The van der Waals surface area contributed by atoms with Gasteiger partial charge in [0, 0.05) is 26.7 Å². The summed E-state index contributed by atoms with van der Waals surface area (Å²) in [5.41, 5.74) is 0.657. The molecule has 8 heteroatoms. The summed E-state index contributed by atoms with van der Waals surface area (Å²) in [6.45, 7) is 3.92. The van der Waals surface area contributed by atoms with E-state index >= 15 is 0 Å². The van der Waals surface area contributed by atoms with Crippen molar-refractivity contribution in [3.05, 3.63) is 23.8 Å². The minimum absolute atomic E-state index is 0. The van der Waals surface area contributed by atoms with Crippen LogP contribution in [0, 0.1) is 6.92 Å². The summed E-state index contributed by atoms with van der Waals surface area (Å²) in [6.07, 6.45) is 0. The number of benzene rings is 1. The Morgan fingerprint density at radius 3 is 2.43 bits per heavy atom.